The van der Waals surface area contributed by atoms with Gasteiger partial charge >= 0.3 is 0 Å². The van der Waals surface area contributed by atoms with Crippen LogP contribution in [0.5, 0.6) is 0 Å². The van der Waals surface area contributed by atoms with Crippen LogP contribution in [0.15, 0.2) is 18.2 Å². The van der Waals surface area contributed by atoms with Crippen LogP contribution in [-0.2, 0) is 10.2 Å². The molecular formula is C16H25NO. The van der Waals surface area contributed by atoms with Gasteiger partial charge in [-0.1, -0.05) is 36.2 Å². The molecule has 0 amide bonds. The van der Waals surface area contributed by atoms with Crippen molar-refractivity contribution in [3.05, 3.63) is 34.9 Å². The first kappa shape index (κ1) is 13.6. The molecule has 2 rings (SSSR count). The van der Waals surface area contributed by atoms with Crippen LogP contribution >= 0.6 is 0 Å². The number of hydrogen-bond donors (Lipinski definition) is 1. The zero-order valence-corrected chi connectivity index (χ0v) is 12.0. The molecule has 18 heavy (non-hydrogen) atoms. The van der Waals surface area contributed by atoms with Crippen LogP contribution in [0.25, 0.3) is 0 Å². The first-order chi connectivity index (χ1) is 8.58. The minimum absolute atomic E-state index is 0.366. The third-order valence-electron chi connectivity index (χ3n) is 4.17. The van der Waals surface area contributed by atoms with E-state index in [0.29, 0.717) is 5.41 Å². The highest BCUT2D eigenvalue weighted by Gasteiger charge is 2.51. The van der Waals surface area contributed by atoms with E-state index in [4.69, 9.17) is 4.74 Å². The topological polar surface area (TPSA) is 21.3 Å². The third kappa shape index (κ3) is 2.76. The van der Waals surface area contributed by atoms with E-state index in [-0.39, 0.29) is 0 Å². The molecule has 1 aliphatic carbocycles. The number of aryl methyl sites for hydroxylation is 2. The fourth-order valence-corrected chi connectivity index (χ4v) is 2.99. The Balaban J connectivity index is 2.07. The summed E-state index contributed by atoms with van der Waals surface area (Å²) in [6.07, 6.45) is 1.30. The predicted molar refractivity (Wildman–Crippen MR) is 76.1 cm³/mol. The van der Waals surface area contributed by atoms with Gasteiger partial charge in [0.1, 0.15) is 0 Å². The van der Waals surface area contributed by atoms with Crippen molar-refractivity contribution in [2.75, 3.05) is 26.8 Å². The molecule has 2 nitrogen and oxygen atoms in total. The summed E-state index contributed by atoms with van der Waals surface area (Å²) in [4.78, 5) is 0. The highest BCUT2D eigenvalue weighted by atomic mass is 16.5. The first-order valence-corrected chi connectivity index (χ1v) is 6.87. The second-order valence-corrected chi connectivity index (χ2v) is 5.81. The molecule has 2 unspecified atom stereocenters. The zero-order chi connectivity index (χ0) is 13.2. The number of benzene rings is 1. The quantitative estimate of drug-likeness (QED) is 0.781. The Labute approximate surface area is 111 Å². The average molecular weight is 247 g/mol. The van der Waals surface area contributed by atoms with Gasteiger partial charge in [-0.25, -0.2) is 0 Å². The fraction of sp³-hybridized carbons (Fsp3) is 0.625. The Hall–Kier alpha value is -0.860. The molecule has 0 radical (unpaired) electrons. The van der Waals surface area contributed by atoms with Crippen molar-refractivity contribution in [3.8, 4) is 0 Å². The molecule has 1 aromatic rings. The number of nitrogens with one attached hydrogen (secondary N) is 1. The summed E-state index contributed by atoms with van der Waals surface area (Å²) in [7, 11) is 1.75. The molecule has 0 aromatic heterocycles. The standard InChI is InChI=1S/C16H25NO/c1-12-7-13(2)9-15(8-12)16(10-14(16)3)11-17-5-6-18-4/h7-9,14,17H,5-6,10-11H2,1-4H3. The first-order valence-electron chi connectivity index (χ1n) is 6.87. The molecule has 1 N–H and O–H groups in total. The van der Waals surface area contributed by atoms with Crippen molar-refractivity contribution in [1.29, 1.82) is 0 Å². The predicted octanol–water partition coefficient (Wildman–Crippen LogP) is 2.82. The van der Waals surface area contributed by atoms with Crippen molar-refractivity contribution in [2.45, 2.75) is 32.6 Å². The monoisotopic (exact) mass is 247 g/mol. The lowest BCUT2D eigenvalue weighted by molar-refractivity contribution is 0.198. The molecule has 2 atom stereocenters. The van der Waals surface area contributed by atoms with E-state index in [2.05, 4.69) is 44.3 Å². The van der Waals surface area contributed by atoms with Crippen molar-refractivity contribution < 1.29 is 4.74 Å². The molecule has 1 fully saturated rings. The summed E-state index contributed by atoms with van der Waals surface area (Å²) in [6.45, 7) is 9.54. The van der Waals surface area contributed by atoms with Gasteiger partial charge in [0.25, 0.3) is 0 Å². The number of hydrogen-bond acceptors (Lipinski definition) is 2. The lowest BCUT2D eigenvalue weighted by Crippen LogP contribution is -2.30. The summed E-state index contributed by atoms with van der Waals surface area (Å²) in [5, 5.41) is 3.53. The van der Waals surface area contributed by atoms with E-state index in [9.17, 15) is 0 Å². The van der Waals surface area contributed by atoms with Crippen LogP contribution in [0.4, 0.5) is 0 Å². The Morgan fingerprint density at radius 3 is 2.39 bits per heavy atom. The SMILES string of the molecule is COCCNCC1(c2cc(C)cc(C)c2)CC1C. The summed E-state index contributed by atoms with van der Waals surface area (Å²) in [5.41, 5.74) is 4.63. The third-order valence-corrected chi connectivity index (χ3v) is 4.17. The molecule has 1 aromatic carbocycles. The van der Waals surface area contributed by atoms with Crippen LogP contribution in [0.1, 0.15) is 30.0 Å². The molecule has 1 saturated carbocycles. The lowest BCUT2D eigenvalue weighted by atomic mass is 9.90. The van der Waals surface area contributed by atoms with Crippen LogP contribution in [0, 0.1) is 19.8 Å². The van der Waals surface area contributed by atoms with Gasteiger partial charge in [0.05, 0.1) is 6.61 Å². The molecule has 0 heterocycles. The van der Waals surface area contributed by atoms with Gasteiger partial charge in [0.15, 0.2) is 0 Å². The van der Waals surface area contributed by atoms with E-state index in [1.165, 1.54) is 23.1 Å². The minimum atomic E-state index is 0.366. The molecule has 0 aliphatic heterocycles. The Kier molecular flexibility index (Phi) is 4.08. The van der Waals surface area contributed by atoms with Gasteiger partial charge in [-0.15, -0.1) is 0 Å². The minimum Gasteiger partial charge on any atom is -0.383 e. The smallest absolute Gasteiger partial charge is 0.0587 e. The molecule has 0 spiro atoms. The molecular weight excluding hydrogens is 222 g/mol. The summed E-state index contributed by atoms with van der Waals surface area (Å²) >= 11 is 0. The number of methoxy groups -OCH3 is 1. The van der Waals surface area contributed by atoms with Gasteiger partial charge in [0.2, 0.25) is 0 Å². The van der Waals surface area contributed by atoms with Gasteiger partial charge in [0, 0.05) is 25.6 Å². The number of ether oxygens (including phenoxy) is 1. The second-order valence-electron chi connectivity index (χ2n) is 5.81. The summed E-state index contributed by atoms with van der Waals surface area (Å²) in [6, 6.07) is 6.96. The van der Waals surface area contributed by atoms with Crippen LogP contribution in [0.2, 0.25) is 0 Å². The maximum absolute atomic E-state index is 5.09. The Morgan fingerprint density at radius 2 is 1.89 bits per heavy atom. The van der Waals surface area contributed by atoms with Crippen molar-refractivity contribution in [2.24, 2.45) is 5.92 Å². The molecule has 100 valence electrons. The average Bonchev–Trinajstić information content (AvgIpc) is 2.96. The highest BCUT2D eigenvalue weighted by molar-refractivity contribution is 5.39. The lowest BCUT2D eigenvalue weighted by Gasteiger charge is -2.19. The molecule has 0 saturated heterocycles. The maximum Gasteiger partial charge on any atom is 0.0587 e. The summed E-state index contributed by atoms with van der Waals surface area (Å²) < 4.78 is 5.09. The number of rotatable bonds is 6. The Morgan fingerprint density at radius 1 is 1.28 bits per heavy atom. The zero-order valence-electron chi connectivity index (χ0n) is 12.0. The van der Waals surface area contributed by atoms with Gasteiger partial charge in [-0.05, 0) is 31.7 Å². The van der Waals surface area contributed by atoms with Crippen LogP contribution in [0.3, 0.4) is 0 Å². The van der Waals surface area contributed by atoms with Crippen molar-refractivity contribution in [1.82, 2.24) is 5.32 Å². The van der Waals surface area contributed by atoms with E-state index >= 15 is 0 Å². The highest BCUT2D eigenvalue weighted by Crippen LogP contribution is 2.53. The van der Waals surface area contributed by atoms with Crippen molar-refractivity contribution in [3.63, 3.8) is 0 Å². The van der Waals surface area contributed by atoms with Gasteiger partial charge < -0.3 is 10.1 Å². The molecule has 2 heteroatoms. The largest absolute Gasteiger partial charge is 0.383 e. The van der Waals surface area contributed by atoms with Crippen LogP contribution < -0.4 is 5.32 Å². The fourth-order valence-electron chi connectivity index (χ4n) is 2.99. The van der Waals surface area contributed by atoms with E-state index in [0.717, 1.165) is 25.6 Å². The Bertz CT molecular complexity index is 395. The molecule has 0 bridgehead atoms. The van der Waals surface area contributed by atoms with Crippen LogP contribution in [-0.4, -0.2) is 26.8 Å². The van der Waals surface area contributed by atoms with Gasteiger partial charge in [-0.2, -0.15) is 0 Å². The summed E-state index contributed by atoms with van der Waals surface area (Å²) in [5.74, 6) is 0.786. The van der Waals surface area contributed by atoms with E-state index in [1.54, 1.807) is 7.11 Å². The van der Waals surface area contributed by atoms with E-state index in [1.807, 2.05) is 0 Å². The molecule has 1 aliphatic rings. The maximum atomic E-state index is 5.09. The second kappa shape index (κ2) is 5.41. The van der Waals surface area contributed by atoms with E-state index < -0.39 is 0 Å². The van der Waals surface area contributed by atoms with Gasteiger partial charge in [-0.3, -0.25) is 0 Å². The van der Waals surface area contributed by atoms with Crippen molar-refractivity contribution >= 4 is 0 Å². The normalized spacial score (nSPS) is 26.3.